The Bertz CT molecular complexity index is 1570. The number of hydrogen-bond donors (Lipinski definition) is 6. The van der Waals surface area contributed by atoms with E-state index < -0.39 is 43.1 Å². The van der Waals surface area contributed by atoms with Crippen LogP contribution < -0.4 is 10.6 Å². The highest BCUT2D eigenvalue weighted by atomic mass is 19.1. The first-order valence-corrected chi connectivity index (χ1v) is 14.5. The van der Waals surface area contributed by atoms with Gasteiger partial charge in [-0.05, 0) is 94.0 Å². The van der Waals surface area contributed by atoms with Crippen molar-refractivity contribution >= 4 is 29.7 Å². The summed E-state index contributed by atoms with van der Waals surface area (Å²) in [4.78, 5) is 34.3. The molecule has 0 aliphatic heterocycles. The van der Waals surface area contributed by atoms with Gasteiger partial charge in [0.15, 0.2) is 0 Å². The topological polar surface area (TPSA) is 156 Å². The van der Waals surface area contributed by atoms with Crippen molar-refractivity contribution in [3.05, 3.63) is 82.7 Å². The molecule has 1 aliphatic carbocycles. The second-order valence-electron chi connectivity index (χ2n) is 11.3. The van der Waals surface area contributed by atoms with Crippen LogP contribution in [-0.4, -0.2) is 57.1 Å². The SMILES string of the molecule is CC(C)c1cc2c(c(-c3ccc(F)cc3)c1C=C[C@@H](O)C[C@@H](O)CC(=O)O)-c1cc(NC(=O)NCC(=O)O)ccc1CCC2. The lowest BCUT2D eigenvalue weighted by molar-refractivity contribution is -0.139. The van der Waals surface area contributed by atoms with E-state index in [0.717, 1.165) is 63.8 Å². The second-order valence-corrected chi connectivity index (χ2v) is 11.3. The Labute approximate surface area is 255 Å². The first kappa shape index (κ1) is 32.4. The van der Waals surface area contributed by atoms with E-state index in [1.54, 1.807) is 24.3 Å². The van der Waals surface area contributed by atoms with E-state index >= 15 is 0 Å². The van der Waals surface area contributed by atoms with Crippen LogP contribution in [0, 0.1) is 5.82 Å². The number of rotatable bonds is 11. The highest BCUT2D eigenvalue weighted by Gasteiger charge is 2.25. The molecule has 4 rings (SSSR count). The number of aliphatic hydroxyl groups excluding tert-OH is 2. The molecular formula is C34H37FN2O7. The van der Waals surface area contributed by atoms with Crippen molar-refractivity contribution in [2.45, 2.75) is 64.1 Å². The molecule has 0 bridgehead atoms. The van der Waals surface area contributed by atoms with E-state index in [4.69, 9.17) is 10.2 Å². The summed E-state index contributed by atoms with van der Waals surface area (Å²) >= 11 is 0. The van der Waals surface area contributed by atoms with Crippen LogP contribution in [0.1, 0.15) is 61.3 Å². The summed E-state index contributed by atoms with van der Waals surface area (Å²) in [5, 5.41) is 43.6. The minimum absolute atomic E-state index is 0.0718. The quantitative estimate of drug-likeness (QED) is 0.167. The van der Waals surface area contributed by atoms with Crippen molar-refractivity contribution < 1.29 is 39.2 Å². The van der Waals surface area contributed by atoms with E-state index in [9.17, 15) is 29.0 Å². The highest BCUT2D eigenvalue weighted by molar-refractivity contribution is 5.96. The molecule has 44 heavy (non-hydrogen) atoms. The first-order valence-electron chi connectivity index (χ1n) is 14.5. The molecule has 232 valence electrons. The van der Waals surface area contributed by atoms with E-state index in [0.29, 0.717) is 5.69 Å². The minimum atomic E-state index is -1.22. The summed E-state index contributed by atoms with van der Waals surface area (Å²) in [6.07, 6.45) is 2.77. The van der Waals surface area contributed by atoms with Crippen LogP contribution in [0.15, 0.2) is 54.6 Å². The summed E-state index contributed by atoms with van der Waals surface area (Å²) in [6.45, 7) is 3.59. The number of carboxylic acids is 2. The molecule has 0 fully saturated rings. The molecule has 10 heteroatoms. The Hall–Kier alpha value is -4.54. The number of carbonyl (C=O) groups is 3. The number of aliphatic hydroxyl groups is 2. The fourth-order valence-corrected chi connectivity index (χ4v) is 5.61. The molecule has 2 amide bonds. The molecule has 0 saturated carbocycles. The van der Waals surface area contributed by atoms with Crippen LogP contribution in [0.3, 0.4) is 0 Å². The van der Waals surface area contributed by atoms with Crippen LogP contribution in [-0.2, 0) is 22.4 Å². The van der Waals surface area contributed by atoms with Crippen molar-refractivity contribution in [1.29, 1.82) is 0 Å². The zero-order valence-corrected chi connectivity index (χ0v) is 24.6. The monoisotopic (exact) mass is 604 g/mol. The van der Waals surface area contributed by atoms with E-state index in [-0.39, 0.29) is 18.2 Å². The Morgan fingerprint density at radius 1 is 0.932 bits per heavy atom. The minimum Gasteiger partial charge on any atom is -0.481 e. The van der Waals surface area contributed by atoms with Gasteiger partial charge >= 0.3 is 18.0 Å². The molecule has 6 N–H and O–H groups in total. The largest absolute Gasteiger partial charge is 0.481 e. The number of hydrogen-bond acceptors (Lipinski definition) is 5. The van der Waals surface area contributed by atoms with Gasteiger partial charge < -0.3 is 31.1 Å². The van der Waals surface area contributed by atoms with Crippen LogP contribution in [0.5, 0.6) is 0 Å². The van der Waals surface area contributed by atoms with Crippen molar-refractivity contribution in [3.8, 4) is 22.3 Å². The number of carboxylic acid groups (broad SMARTS) is 2. The maximum atomic E-state index is 14.1. The summed E-state index contributed by atoms with van der Waals surface area (Å²) < 4.78 is 14.1. The number of aryl methyl sites for hydroxylation is 2. The second kappa shape index (κ2) is 14.3. The molecule has 3 aromatic carbocycles. The van der Waals surface area contributed by atoms with Crippen molar-refractivity contribution in [3.63, 3.8) is 0 Å². The standard InChI is InChI=1S/C34H37FN2O7/c1-19(2)28-14-22-5-3-4-20-8-11-24(37-34(44)36-18-31(42)43)15-29(20)33(22)32(21-6-9-23(35)10-7-21)27(28)13-12-25(38)16-26(39)17-30(40)41/h6-15,19,25-26,38-39H,3-5,16-18H2,1-2H3,(H,40,41)(H,42,43)(H2,36,37,44)/t25-,26-/m1/s1. The number of benzene rings is 3. The number of urea groups is 1. The van der Waals surface area contributed by atoms with Gasteiger partial charge in [0.05, 0.1) is 18.6 Å². The number of aliphatic carboxylic acids is 2. The lowest BCUT2D eigenvalue weighted by Gasteiger charge is -2.24. The van der Waals surface area contributed by atoms with Gasteiger partial charge in [0.25, 0.3) is 0 Å². The van der Waals surface area contributed by atoms with Crippen LogP contribution in [0.4, 0.5) is 14.9 Å². The molecule has 0 radical (unpaired) electrons. The molecule has 0 unspecified atom stereocenters. The number of amides is 2. The zero-order valence-electron chi connectivity index (χ0n) is 24.6. The predicted octanol–water partition coefficient (Wildman–Crippen LogP) is 5.58. The molecule has 0 saturated heterocycles. The van der Waals surface area contributed by atoms with Crippen LogP contribution in [0.2, 0.25) is 0 Å². The molecule has 1 aliphatic rings. The van der Waals surface area contributed by atoms with Gasteiger partial charge in [-0.25, -0.2) is 9.18 Å². The number of fused-ring (bicyclic) bond motifs is 3. The average molecular weight is 605 g/mol. The smallest absolute Gasteiger partial charge is 0.323 e. The van der Waals surface area contributed by atoms with Crippen molar-refractivity contribution in [2.24, 2.45) is 0 Å². The Morgan fingerprint density at radius 3 is 2.30 bits per heavy atom. The summed E-state index contributed by atoms with van der Waals surface area (Å²) in [5.74, 6) is -2.64. The van der Waals surface area contributed by atoms with E-state index in [2.05, 4.69) is 30.5 Å². The third kappa shape index (κ3) is 8.09. The lowest BCUT2D eigenvalue weighted by Crippen LogP contribution is -2.33. The van der Waals surface area contributed by atoms with Gasteiger partial charge in [-0.1, -0.05) is 50.3 Å². The Kier molecular flexibility index (Phi) is 10.5. The Balaban J connectivity index is 1.90. The maximum Gasteiger partial charge on any atom is 0.323 e. The number of nitrogens with one attached hydrogen (secondary N) is 2. The summed E-state index contributed by atoms with van der Waals surface area (Å²) in [5.41, 5.74) is 7.73. The fourth-order valence-electron chi connectivity index (χ4n) is 5.61. The maximum absolute atomic E-state index is 14.1. The molecule has 0 heterocycles. The van der Waals surface area contributed by atoms with Crippen LogP contribution >= 0.6 is 0 Å². The molecule has 0 aromatic heterocycles. The Morgan fingerprint density at radius 2 is 1.64 bits per heavy atom. The first-order chi connectivity index (χ1) is 20.9. The third-order valence-corrected chi connectivity index (χ3v) is 7.57. The number of halogens is 1. The normalized spacial score (nSPS) is 14.0. The van der Waals surface area contributed by atoms with Gasteiger partial charge in [-0.2, -0.15) is 0 Å². The number of anilines is 1. The number of carbonyl (C=O) groups excluding carboxylic acids is 1. The van der Waals surface area contributed by atoms with Gasteiger partial charge in [0.2, 0.25) is 0 Å². The van der Waals surface area contributed by atoms with Gasteiger partial charge in [0.1, 0.15) is 12.4 Å². The lowest BCUT2D eigenvalue weighted by atomic mass is 9.80. The van der Waals surface area contributed by atoms with Gasteiger partial charge in [-0.15, -0.1) is 0 Å². The van der Waals surface area contributed by atoms with Gasteiger partial charge in [-0.3, -0.25) is 9.59 Å². The molecule has 9 nitrogen and oxygen atoms in total. The molecular weight excluding hydrogens is 567 g/mol. The van der Waals surface area contributed by atoms with Crippen molar-refractivity contribution in [1.82, 2.24) is 5.32 Å². The molecule has 0 spiro atoms. The highest BCUT2D eigenvalue weighted by Crippen LogP contribution is 2.46. The zero-order chi connectivity index (χ0) is 32.0. The third-order valence-electron chi connectivity index (χ3n) is 7.57. The fraction of sp³-hybridized carbons (Fsp3) is 0.324. The summed E-state index contributed by atoms with van der Waals surface area (Å²) in [6, 6.07) is 13.2. The average Bonchev–Trinajstić information content (AvgIpc) is 3.13. The molecule has 2 atom stereocenters. The molecule has 3 aromatic rings. The van der Waals surface area contributed by atoms with E-state index in [1.807, 2.05) is 12.1 Å². The van der Waals surface area contributed by atoms with Gasteiger partial charge in [0, 0.05) is 12.1 Å². The van der Waals surface area contributed by atoms with Crippen LogP contribution in [0.25, 0.3) is 28.3 Å². The van der Waals surface area contributed by atoms with Crippen molar-refractivity contribution in [2.75, 3.05) is 11.9 Å². The predicted molar refractivity (Wildman–Crippen MR) is 166 cm³/mol. The van der Waals surface area contributed by atoms with E-state index in [1.165, 1.54) is 18.2 Å². The summed E-state index contributed by atoms with van der Waals surface area (Å²) in [7, 11) is 0.